The van der Waals surface area contributed by atoms with E-state index in [-0.39, 0.29) is 24.6 Å². The van der Waals surface area contributed by atoms with Crippen LogP contribution in [0.2, 0.25) is 0 Å². The summed E-state index contributed by atoms with van der Waals surface area (Å²) in [5.74, 6) is -1.67. The molecule has 27 heavy (non-hydrogen) atoms. The maximum atomic E-state index is 11.8. The molecule has 3 amide bonds. The molecule has 2 aromatic rings. The number of anilines is 1. The van der Waals surface area contributed by atoms with E-state index < -0.39 is 24.4 Å². The molecular weight excluding hydrogens is 354 g/mol. The highest BCUT2D eigenvalue weighted by Gasteiger charge is 2.11. The molecule has 0 saturated carbocycles. The Balaban J connectivity index is 1.66. The smallest absolute Gasteiger partial charge is 0.308 e. The zero-order chi connectivity index (χ0) is 19.6. The summed E-state index contributed by atoms with van der Waals surface area (Å²) in [6.45, 7) is -0.400. The fourth-order valence-corrected chi connectivity index (χ4v) is 2.04. The number of benzene rings is 1. The van der Waals surface area contributed by atoms with Crippen molar-refractivity contribution in [2.75, 3.05) is 25.5 Å². The lowest BCUT2D eigenvalue weighted by molar-refractivity contribution is -0.147. The minimum absolute atomic E-state index is 0.0565. The van der Waals surface area contributed by atoms with Crippen molar-refractivity contribution in [1.29, 1.82) is 0 Å². The number of carbonyl (C=O) groups excluding carboxylic acids is 4. The van der Waals surface area contributed by atoms with E-state index >= 15 is 0 Å². The summed E-state index contributed by atoms with van der Waals surface area (Å²) in [7, 11) is 1.52. The molecular formula is C18H19N3O6. The maximum absolute atomic E-state index is 11.8. The maximum Gasteiger partial charge on any atom is 0.308 e. The molecule has 0 unspecified atom stereocenters. The standard InChI is InChI=1S/C18H19N3O6/c1-19-17(24)12-4-6-13(7-5-12)21-15(22)11-27-16(23)8-9-20-18(25)14-3-2-10-26-14/h2-7,10H,8-9,11H2,1H3,(H,19,24)(H,20,25)(H,21,22). The van der Waals surface area contributed by atoms with Crippen molar-refractivity contribution in [3.63, 3.8) is 0 Å². The first-order valence-corrected chi connectivity index (χ1v) is 8.09. The Labute approximate surface area is 155 Å². The van der Waals surface area contributed by atoms with Crippen LogP contribution in [0.1, 0.15) is 27.3 Å². The number of nitrogens with one attached hydrogen (secondary N) is 3. The van der Waals surface area contributed by atoms with E-state index in [9.17, 15) is 19.2 Å². The van der Waals surface area contributed by atoms with Crippen LogP contribution in [0.4, 0.5) is 5.69 Å². The summed E-state index contributed by atoms with van der Waals surface area (Å²) in [4.78, 5) is 46.4. The van der Waals surface area contributed by atoms with Gasteiger partial charge in [0.2, 0.25) is 0 Å². The van der Waals surface area contributed by atoms with E-state index in [2.05, 4.69) is 16.0 Å². The zero-order valence-corrected chi connectivity index (χ0v) is 14.6. The van der Waals surface area contributed by atoms with Gasteiger partial charge in [0, 0.05) is 24.8 Å². The van der Waals surface area contributed by atoms with E-state index in [4.69, 9.17) is 9.15 Å². The minimum atomic E-state index is -0.625. The van der Waals surface area contributed by atoms with E-state index in [1.165, 1.54) is 19.4 Å². The number of esters is 1. The molecule has 3 N–H and O–H groups in total. The van der Waals surface area contributed by atoms with Crippen LogP contribution in [0.15, 0.2) is 47.1 Å². The summed E-state index contributed by atoms with van der Waals surface area (Å²) in [5, 5.41) is 7.53. The van der Waals surface area contributed by atoms with Crippen LogP contribution in [0.5, 0.6) is 0 Å². The number of ether oxygens (including phenoxy) is 1. The third-order valence-electron chi connectivity index (χ3n) is 3.38. The van der Waals surface area contributed by atoms with Gasteiger partial charge in [0.05, 0.1) is 12.7 Å². The second kappa shape index (κ2) is 9.76. The molecule has 9 nitrogen and oxygen atoms in total. The largest absolute Gasteiger partial charge is 0.459 e. The highest BCUT2D eigenvalue weighted by Crippen LogP contribution is 2.09. The fraction of sp³-hybridized carbons (Fsp3) is 0.222. The number of hydrogen-bond acceptors (Lipinski definition) is 6. The molecule has 0 fully saturated rings. The van der Waals surface area contributed by atoms with Crippen molar-refractivity contribution >= 4 is 29.4 Å². The number of hydrogen-bond donors (Lipinski definition) is 3. The summed E-state index contributed by atoms with van der Waals surface area (Å²) in [5.41, 5.74) is 0.924. The van der Waals surface area contributed by atoms with Gasteiger partial charge in [0.1, 0.15) is 0 Å². The topological polar surface area (TPSA) is 127 Å². The van der Waals surface area contributed by atoms with Crippen molar-refractivity contribution < 1.29 is 28.3 Å². The lowest BCUT2D eigenvalue weighted by atomic mass is 10.2. The summed E-state index contributed by atoms with van der Waals surface area (Å²) in [6.07, 6.45) is 1.29. The van der Waals surface area contributed by atoms with Gasteiger partial charge in [0.25, 0.3) is 17.7 Å². The van der Waals surface area contributed by atoms with Crippen molar-refractivity contribution in [3.8, 4) is 0 Å². The predicted octanol–water partition coefficient (Wildman–Crippen LogP) is 0.941. The van der Waals surface area contributed by atoms with E-state index in [1.807, 2.05) is 0 Å². The van der Waals surface area contributed by atoms with Crippen molar-refractivity contribution in [3.05, 3.63) is 54.0 Å². The number of furan rings is 1. The Morgan fingerprint density at radius 3 is 2.41 bits per heavy atom. The average molecular weight is 373 g/mol. The molecule has 0 radical (unpaired) electrons. The molecule has 1 aromatic carbocycles. The van der Waals surface area contributed by atoms with Gasteiger partial charge in [-0.05, 0) is 36.4 Å². The van der Waals surface area contributed by atoms with Crippen LogP contribution >= 0.6 is 0 Å². The first kappa shape index (κ1) is 19.7. The third-order valence-corrected chi connectivity index (χ3v) is 3.38. The molecule has 0 saturated heterocycles. The van der Waals surface area contributed by atoms with Gasteiger partial charge in [-0.25, -0.2) is 0 Å². The van der Waals surface area contributed by atoms with Gasteiger partial charge in [-0.3, -0.25) is 19.2 Å². The minimum Gasteiger partial charge on any atom is -0.459 e. The van der Waals surface area contributed by atoms with E-state index in [0.717, 1.165) is 0 Å². The Morgan fingerprint density at radius 2 is 1.78 bits per heavy atom. The molecule has 0 spiro atoms. The summed E-state index contributed by atoms with van der Waals surface area (Å²) < 4.78 is 9.75. The van der Waals surface area contributed by atoms with Crippen LogP contribution in [0, 0.1) is 0 Å². The molecule has 142 valence electrons. The van der Waals surface area contributed by atoms with Crippen LogP contribution < -0.4 is 16.0 Å². The first-order chi connectivity index (χ1) is 13.0. The van der Waals surface area contributed by atoms with Gasteiger partial charge in [-0.2, -0.15) is 0 Å². The number of rotatable bonds is 8. The van der Waals surface area contributed by atoms with Crippen molar-refractivity contribution in [2.24, 2.45) is 0 Å². The number of carbonyl (C=O) groups is 4. The fourth-order valence-electron chi connectivity index (χ4n) is 2.04. The second-order valence-corrected chi connectivity index (χ2v) is 5.35. The third kappa shape index (κ3) is 6.31. The van der Waals surface area contributed by atoms with Crippen molar-refractivity contribution in [2.45, 2.75) is 6.42 Å². The van der Waals surface area contributed by atoms with Crippen LogP contribution in [0.3, 0.4) is 0 Å². The molecule has 1 aromatic heterocycles. The van der Waals surface area contributed by atoms with Gasteiger partial charge in [-0.1, -0.05) is 0 Å². The molecule has 0 aliphatic rings. The molecule has 1 heterocycles. The van der Waals surface area contributed by atoms with Crippen LogP contribution in [-0.4, -0.2) is 43.9 Å². The first-order valence-electron chi connectivity index (χ1n) is 8.09. The monoisotopic (exact) mass is 373 g/mol. The molecule has 9 heteroatoms. The molecule has 0 aliphatic heterocycles. The van der Waals surface area contributed by atoms with Crippen LogP contribution in [-0.2, 0) is 14.3 Å². The van der Waals surface area contributed by atoms with Gasteiger partial charge in [0.15, 0.2) is 12.4 Å². The number of amides is 3. The molecule has 0 aliphatic carbocycles. The SMILES string of the molecule is CNC(=O)c1ccc(NC(=O)COC(=O)CCNC(=O)c2ccco2)cc1. The van der Waals surface area contributed by atoms with Gasteiger partial charge in [-0.15, -0.1) is 0 Å². The normalized spacial score (nSPS) is 9.96. The Hall–Kier alpha value is -3.62. The van der Waals surface area contributed by atoms with E-state index in [1.54, 1.807) is 30.3 Å². The summed E-state index contributed by atoms with van der Waals surface area (Å²) >= 11 is 0. The molecule has 0 atom stereocenters. The molecule has 2 rings (SSSR count). The summed E-state index contributed by atoms with van der Waals surface area (Å²) in [6, 6.07) is 9.32. The average Bonchev–Trinajstić information content (AvgIpc) is 3.21. The van der Waals surface area contributed by atoms with E-state index in [0.29, 0.717) is 11.3 Å². The Bertz CT molecular complexity index is 799. The molecule has 0 bridgehead atoms. The van der Waals surface area contributed by atoms with Crippen LogP contribution in [0.25, 0.3) is 0 Å². The lowest BCUT2D eigenvalue weighted by Gasteiger charge is -2.08. The second-order valence-electron chi connectivity index (χ2n) is 5.35. The highest BCUT2D eigenvalue weighted by atomic mass is 16.5. The highest BCUT2D eigenvalue weighted by molar-refractivity contribution is 5.96. The Morgan fingerprint density at radius 1 is 1.04 bits per heavy atom. The quantitative estimate of drug-likeness (QED) is 0.591. The van der Waals surface area contributed by atoms with Gasteiger partial charge < -0.3 is 25.1 Å². The lowest BCUT2D eigenvalue weighted by Crippen LogP contribution is -2.27. The predicted molar refractivity (Wildman–Crippen MR) is 95.1 cm³/mol. The van der Waals surface area contributed by atoms with Crippen molar-refractivity contribution in [1.82, 2.24) is 10.6 Å². The van der Waals surface area contributed by atoms with Gasteiger partial charge >= 0.3 is 5.97 Å². The Kier molecular flexibility index (Phi) is 7.12. The zero-order valence-electron chi connectivity index (χ0n) is 14.6.